The van der Waals surface area contributed by atoms with E-state index in [-0.39, 0.29) is 25.0 Å². The fourth-order valence-electron chi connectivity index (χ4n) is 3.66. The number of ether oxygens (including phenoxy) is 1. The van der Waals surface area contributed by atoms with Crippen LogP contribution in [0.4, 0.5) is 10.5 Å². The number of rotatable bonds is 9. The average molecular weight is 420 g/mol. The van der Waals surface area contributed by atoms with Gasteiger partial charge in [-0.2, -0.15) is 0 Å². The van der Waals surface area contributed by atoms with Crippen LogP contribution in [0.25, 0.3) is 0 Å². The molecule has 1 saturated carbocycles. The van der Waals surface area contributed by atoms with Crippen LogP contribution in [0.15, 0.2) is 18.2 Å². The lowest BCUT2D eigenvalue weighted by molar-refractivity contribution is -0.884. The Morgan fingerprint density at radius 1 is 1.07 bits per heavy atom. The molecule has 0 radical (unpaired) electrons. The molecule has 30 heavy (non-hydrogen) atoms. The van der Waals surface area contributed by atoms with Crippen LogP contribution in [-0.2, 0) is 14.3 Å². The van der Waals surface area contributed by atoms with Crippen molar-refractivity contribution in [3.05, 3.63) is 29.3 Å². The predicted molar refractivity (Wildman–Crippen MR) is 116 cm³/mol. The largest absolute Gasteiger partial charge is 0.379 e. The lowest BCUT2D eigenvalue weighted by Gasteiger charge is -2.23. The minimum atomic E-state index is -0.460. The van der Waals surface area contributed by atoms with Crippen LogP contribution in [0, 0.1) is 13.8 Å². The Morgan fingerprint density at radius 3 is 2.47 bits per heavy atom. The molecule has 4 amide bonds. The molecule has 0 bridgehead atoms. The Balaban J connectivity index is 1.85. The first-order valence-electron chi connectivity index (χ1n) is 10.7. The number of imide groups is 1. The van der Waals surface area contributed by atoms with Crippen molar-refractivity contribution in [1.29, 1.82) is 0 Å². The Bertz CT molecular complexity index is 732. The number of hydrogen-bond acceptors (Lipinski definition) is 4. The molecule has 8 nitrogen and oxygen atoms in total. The molecule has 0 spiro atoms. The van der Waals surface area contributed by atoms with Crippen molar-refractivity contribution in [1.82, 2.24) is 10.6 Å². The molecule has 0 saturated heterocycles. The molecule has 0 aliphatic heterocycles. The van der Waals surface area contributed by atoms with Gasteiger partial charge < -0.3 is 20.3 Å². The first kappa shape index (κ1) is 23.8. The van der Waals surface area contributed by atoms with Crippen LogP contribution < -0.4 is 20.9 Å². The summed E-state index contributed by atoms with van der Waals surface area (Å²) in [5.41, 5.74) is 2.88. The van der Waals surface area contributed by atoms with Crippen LogP contribution in [0.2, 0.25) is 0 Å². The summed E-state index contributed by atoms with van der Waals surface area (Å²) >= 11 is 0. The third-order valence-corrected chi connectivity index (χ3v) is 5.55. The van der Waals surface area contributed by atoms with Crippen molar-refractivity contribution in [3.63, 3.8) is 0 Å². The summed E-state index contributed by atoms with van der Waals surface area (Å²) in [4.78, 5) is 37.7. The SMILES string of the molecule is COCC[NH+](CC(=O)NC(=O)NC1CCCCC1)CC(=O)Nc1cccc(C)c1C. The Labute approximate surface area is 178 Å². The molecule has 166 valence electrons. The molecule has 1 aliphatic rings. The summed E-state index contributed by atoms with van der Waals surface area (Å²) < 4.78 is 5.11. The molecular formula is C22H35N4O4+. The smallest absolute Gasteiger partial charge is 0.321 e. The number of carbonyl (C=O) groups is 3. The van der Waals surface area contributed by atoms with Crippen LogP contribution in [0.1, 0.15) is 43.2 Å². The molecule has 0 heterocycles. The van der Waals surface area contributed by atoms with Gasteiger partial charge in [0.25, 0.3) is 11.8 Å². The second kappa shape index (κ2) is 12.3. The number of aryl methyl sites for hydroxylation is 1. The first-order valence-corrected chi connectivity index (χ1v) is 10.7. The summed E-state index contributed by atoms with van der Waals surface area (Å²) in [6.07, 6.45) is 5.30. The number of anilines is 1. The lowest BCUT2D eigenvalue weighted by Crippen LogP contribution is -3.14. The highest BCUT2D eigenvalue weighted by Gasteiger charge is 2.21. The molecule has 1 fully saturated rings. The van der Waals surface area contributed by atoms with E-state index in [2.05, 4.69) is 16.0 Å². The summed E-state index contributed by atoms with van der Waals surface area (Å²) in [5, 5.41) is 8.17. The first-order chi connectivity index (χ1) is 14.4. The summed E-state index contributed by atoms with van der Waals surface area (Å²) in [6.45, 7) is 4.96. The molecule has 1 aromatic rings. The Kier molecular flexibility index (Phi) is 9.76. The number of methoxy groups -OCH3 is 1. The van der Waals surface area contributed by atoms with E-state index in [4.69, 9.17) is 4.74 Å². The van der Waals surface area contributed by atoms with Gasteiger partial charge in [-0.25, -0.2) is 4.79 Å². The van der Waals surface area contributed by atoms with Crippen molar-refractivity contribution in [2.45, 2.75) is 52.0 Å². The van der Waals surface area contributed by atoms with Crippen molar-refractivity contribution in [2.24, 2.45) is 0 Å². The van der Waals surface area contributed by atoms with E-state index < -0.39 is 11.9 Å². The predicted octanol–water partition coefficient (Wildman–Crippen LogP) is 0.932. The highest BCUT2D eigenvalue weighted by atomic mass is 16.5. The molecule has 4 N–H and O–H groups in total. The number of nitrogens with one attached hydrogen (secondary N) is 4. The van der Waals surface area contributed by atoms with Gasteiger partial charge in [0.05, 0.1) is 6.61 Å². The molecule has 1 unspecified atom stereocenters. The highest BCUT2D eigenvalue weighted by molar-refractivity contribution is 5.95. The van der Waals surface area contributed by atoms with Gasteiger partial charge in [0.2, 0.25) is 0 Å². The van der Waals surface area contributed by atoms with E-state index >= 15 is 0 Å². The maximum Gasteiger partial charge on any atom is 0.321 e. The van der Waals surface area contributed by atoms with Gasteiger partial charge in [-0.1, -0.05) is 31.4 Å². The molecular weight excluding hydrogens is 384 g/mol. The van der Waals surface area contributed by atoms with E-state index in [1.54, 1.807) is 7.11 Å². The van der Waals surface area contributed by atoms with Crippen molar-refractivity contribution in [2.75, 3.05) is 38.7 Å². The van der Waals surface area contributed by atoms with Crippen molar-refractivity contribution >= 4 is 23.5 Å². The maximum atomic E-state index is 12.5. The van der Waals surface area contributed by atoms with Gasteiger partial charge >= 0.3 is 6.03 Å². The number of hydrogen-bond donors (Lipinski definition) is 4. The molecule has 0 aromatic heterocycles. The summed E-state index contributed by atoms with van der Waals surface area (Å²) in [5.74, 6) is -0.594. The minimum Gasteiger partial charge on any atom is -0.379 e. The van der Waals surface area contributed by atoms with E-state index in [1.807, 2.05) is 32.0 Å². The quantitative estimate of drug-likeness (QED) is 0.478. The van der Waals surface area contributed by atoms with E-state index in [9.17, 15) is 14.4 Å². The average Bonchev–Trinajstić information content (AvgIpc) is 2.70. The number of carbonyl (C=O) groups excluding carboxylic acids is 3. The highest BCUT2D eigenvalue weighted by Crippen LogP contribution is 2.18. The number of quaternary nitrogens is 1. The third-order valence-electron chi connectivity index (χ3n) is 5.55. The summed E-state index contributed by atoms with van der Waals surface area (Å²) in [6, 6.07) is 5.41. The third kappa shape index (κ3) is 8.12. The number of benzene rings is 1. The van der Waals surface area contributed by atoms with E-state index in [0.717, 1.165) is 47.4 Å². The monoisotopic (exact) mass is 419 g/mol. The van der Waals surface area contributed by atoms with Gasteiger partial charge in [0.1, 0.15) is 6.54 Å². The Hall–Kier alpha value is -2.45. The Morgan fingerprint density at radius 2 is 1.77 bits per heavy atom. The molecule has 1 aromatic carbocycles. The minimum absolute atomic E-state index is 0.0155. The molecule has 1 atom stereocenters. The van der Waals surface area contributed by atoms with E-state index in [1.165, 1.54) is 6.42 Å². The van der Waals surface area contributed by atoms with Crippen LogP contribution in [-0.4, -0.2) is 57.2 Å². The molecule has 2 rings (SSSR count). The topological polar surface area (TPSA) is 101 Å². The zero-order valence-electron chi connectivity index (χ0n) is 18.3. The number of amides is 4. The fraction of sp³-hybridized carbons (Fsp3) is 0.591. The van der Waals surface area contributed by atoms with Gasteiger partial charge in [-0.3, -0.25) is 14.9 Å². The summed E-state index contributed by atoms with van der Waals surface area (Å²) in [7, 11) is 1.57. The molecule has 8 heteroatoms. The van der Waals surface area contributed by atoms with E-state index in [0.29, 0.717) is 13.2 Å². The van der Waals surface area contributed by atoms with Crippen molar-refractivity contribution < 1.29 is 24.0 Å². The van der Waals surface area contributed by atoms with Gasteiger partial charge in [-0.05, 0) is 43.9 Å². The van der Waals surface area contributed by atoms with Gasteiger partial charge in [-0.15, -0.1) is 0 Å². The maximum absolute atomic E-state index is 12.5. The van der Waals surface area contributed by atoms with Crippen molar-refractivity contribution in [3.8, 4) is 0 Å². The standard InChI is InChI=1S/C22H34N4O4/c1-16-8-7-11-19(17(16)2)24-20(27)14-26(12-13-30-3)15-21(28)25-22(29)23-18-9-5-4-6-10-18/h7-8,11,18H,4-6,9-10,12-15H2,1-3H3,(H,24,27)(H2,23,25,28,29)/p+1. The number of urea groups is 1. The second-order valence-corrected chi connectivity index (χ2v) is 8.00. The van der Waals surface area contributed by atoms with Crippen LogP contribution in [0.3, 0.4) is 0 Å². The zero-order valence-corrected chi connectivity index (χ0v) is 18.3. The van der Waals surface area contributed by atoms with Gasteiger partial charge in [0.15, 0.2) is 13.1 Å². The van der Waals surface area contributed by atoms with Gasteiger partial charge in [0, 0.05) is 18.8 Å². The van der Waals surface area contributed by atoms with Crippen LogP contribution >= 0.6 is 0 Å². The lowest BCUT2D eigenvalue weighted by atomic mass is 9.96. The van der Waals surface area contributed by atoms with Crippen LogP contribution in [0.5, 0.6) is 0 Å². The second-order valence-electron chi connectivity index (χ2n) is 8.00. The molecule has 1 aliphatic carbocycles. The fourth-order valence-corrected chi connectivity index (χ4v) is 3.66. The normalized spacial score (nSPS) is 15.3. The zero-order chi connectivity index (χ0) is 21.9.